The van der Waals surface area contributed by atoms with Gasteiger partial charge in [0.05, 0.1) is 27.9 Å². The van der Waals surface area contributed by atoms with Crippen molar-refractivity contribution in [2.75, 3.05) is 10.2 Å². The molecule has 4 aromatic rings. The van der Waals surface area contributed by atoms with Crippen LogP contribution in [0.25, 0.3) is 0 Å². The van der Waals surface area contributed by atoms with E-state index in [4.69, 9.17) is 0 Å². The van der Waals surface area contributed by atoms with Gasteiger partial charge in [0.1, 0.15) is 11.8 Å². The Morgan fingerprint density at radius 3 is 2.40 bits per heavy atom. The van der Waals surface area contributed by atoms with E-state index in [0.717, 1.165) is 45.3 Å². The highest BCUT2D eigenvalue weighted by Gasteiger charge is 2.56. The zero-order valence-corrected chi connectivity index (χ0v) is 25.4. The van der Waals surface area contributed by atoms with Gasteiger partial charge in [0, 0.05) is 15.3 Å². The van der Waals surface area contributed by atoms with Gasteiger partial charge in [0.25, 0.3) is 0 Å². The summed E-state index contributed by atoms with van der Waals surface area (Å²) in [6, 6.07) is 18.8. The van der Waals surface area contributed by atoms with Crippen molar-refractivity contribution < 1.29 is 27.6 Å². The number of nitrogens with zero attached hydrogens (tertiary/aromatic N) is 2. The average molecular weight is 689 g/mol. The van der Waals surface area contributed by atoms with Crippen LogP contribution in [0.2, 0.25) is 0 Å². The van der Waals surface area contributed by atoms with Crippen LogP contribution in [0.4, 0.5) is 24.5 Å². The third-order valence-corrected chi connectivity index (χ3v) is 10.5. The summed E-state index contributed by atoms with van der Waals surface area (Å²) in [5, 5.41) is 1.73. The van der Waals surface area contributed by atoms with Gasteiger partial charge in [-0.1, -0.05) is 81.0 Å². The van der Waals surface area contributed by atoms with Crippen molar-refractivity contribution >= 4 is 68.1 Å². The molecule has 3 amide bonds. The van der Waals surface area contributed by atoms with Gasteiger partial charge >= 0.3 is 11.0 Å². The zero-order valence-electron chi connectivity index (χ0n) is 22.2. The quantitative estimate of drug-likeness (QED) is 0.244. The Balaban J connectivity index is 1.40. The summed E-state index contributed by atoms with van der Waals surface area (Å²) in [5.74, 6) is -3.16. The Bertz CT molecular complexity index is 1840. The van der Waals surface area contributed by atoms with Crippen LogP contribution < -0.4 is 15.1 Å². The number of halogens is 4. The summed E-state index contributed by atoms with van der Waals surface area (Å²) >= 11 is 5.36. The minimum atomic E-state index is -4.69. The smallest absolute Gasteiger partial charge is 0.324 e. The van der Waals surface area contributed by atoms with Gasteiger partial charge < -0.3 is 5.32 Å². The maximum Gasteiger partial charge on any atom is 0.418 e. The highest BCUT2D eigenvalue weighted by Crippen LogP contribution is 2.54. The van der Waals surface area contributed by atoms with E-state index in [0.29, 0.717) is 21.2 Å². The third kappa shape index (κ3) is 5.34. The molecule has 1 aromatic heterocycles. The molecule has 43 heavy (non-hydrogen) atoms. The molecule has 0 saturated carbocycles. The van der Waals surface area contributed by atoms with Crippen LogP contribution in [0.3, 0.4) is 0 Å². The lowest BCUT2D eigenvalue weighted by molar-refractivity contribution is -0.137. The van der Waals surface area contributed by atoms with Crippen LogP contribution in [-0.2, 0) is 27.1 Å². The summed E-state index contributed by atoms with van der Waals surface area (Å²) < 4.78 is 42.4. The number of carbonyl (C=O) groups is 3. The number of nitrogens with one attached hydrogen (secondary N) is 1. The molecular weight excluding hydrogens is 667 g/mol. The Morgan fingerprint density at radius 2 is 1.70 bits per heavy atom. The first kappa shape index (κ1) is 29.4. The fourth-order valence-corrected chi connectivity index (χ4v) is 8.63. The fraction of sp³-hybridized carbons (Fsp3) is 0.200. The van der Waals surface area contributed by atoms with E-state index in [2.05, 4.69) is 21.2 Å². The van der Waals surface area contributed by atoms with Crippen LogP contribution >= 0.6 is 39.0 Å². The molecule has 220 valence electrons. The van der Waals surface area contributed by atoms with Gasteiger partial charge in [-0.3, -0.25) is 23.7 Å². The standard InChI is InChI=1S/C30H21BrF3N3O4S2/c1-15-9-11-18(12-10-15)37-26(39)23-22(16-5-4-6-17(31)13-16)25-28(42-24(23)27(37)40)36(29(41)43-25)14-21(38)35-20-8-3-2-7-19(20)30(32,33)34/h2-13,22-24H,14H2,1H3,(H,35,38). The molecule has 2 aliphatic rings. The molecule has 0 aliphatic carbocycles. The van der Waals surface area contributed by atoms with Gasteiger partial charge in [0.15, 0.2) is 0 Å². The van der Waals surface area contributed by atoms with E-state index in [-0.39, 0.29) is 0 Å². The molecule has 2 aliphatic heterocycles. The molecule has 7 nitrogen and oxygen atoms in total. The highest BCUT2D eigenvalue weighted by molar-refractivity contribution is 9.10. The molecule has 3 heterocycles. The number of fused-ring (bicyclic) bond motifs is 2. The van der Waals surface area contributed by atoms with Gasteiger partial charge in [-0.2, -0.15) is 13.2 Å². The first-order valence-corrected chi connectivity index (χ1v) is 15.5. The zero-order chi connectivity index (χ0) is 30.6. The van der Waals surface area contributed by atoms with E-state index >= 15 is 0 Å². The molecule has 13 heteroatoms. The van der Waals surface area contributed by atoms with Crippen molar-refractivity contribution in [1.29, 1.82) is 0 Å². The number of alkyl halides is 3. The number of hydrogen-bond acceptors (Lipinski definition) is 6. The number of imide groups is 1. The lowest BCUT2D eigenvalue weighted by Crippen LogP contribution is -2.33. The van der Waals surface area contributed by atoms with Gasteiger partial charge in [0.2, 0.25) is 17.7 Å². The molecule has 3 unspecified atom stereocenters. The van der Waals surface area contributed by atoms with Crippen LogP contribution in [0.5, 0.6) is 0 Å². The van der Waals surface area contributed by atoms with E-state index in [9.17, 15) is 32.3 Å². The van der Waals surface area contributed by atoms with E-state index < -0.39 is 63.7 Å². The molecule has 0 radical (unpaired) electrons. The lowest BCUT2D eigenvalue weighted by Gasteiger charge is -2.30. The number of rotatable bonds is 5. The topological polar surface area (TPSA) is 88.5 Å². The number of aryl methyl sites for hydroxylation is 1. The minimum absolute atomic E-state index is 0.340. The van der Waals surface area contributed by atoms with Crippen LogP contribution in [0.15, 0.2) is 87.1 Å². The molecule has 0 bridgehead atoms. The van der Waals surface area contributed by atoms with Crippen molar-refractivity contribution in [2.24, 2.45) is 5.92 Å². The second kappa shape index (κ2) is 11.1. The van der Waals surface area contributed by atoms with Crippen LogP contribution in [0.1, 0.15) is 27.5 Å². The molecule has 1 saturated heterocycles. The normalized spacial score (nSPS) is 19.7. The first-order valence-electron chi connectivity index (χ1n) is 13.0. The Hall–Kier alpha value is -3.68. The molecule has 6 rings (SSSR count). The number of benzene rings is 3. The summed E-state index contributed by atoms with van der Waals surface area (Å²) in [5.41, 5.74) is 0.661. The van der Waals surface area contributed by atoms with Crippen LogP contribution in [0, 0.1) is 12.8 Å². The number of carbonyl (C=O) groups excluding carboxylic acids is 3. The molecule has 1 fully saturated rings. The van der Waals surface area contributed by atoms with E-state index in [1.165, 1.54) is 21.6 Å². The average Bonchev–Trinajstić information content (AvgIpc) is 3.39. The number of amides is 3. The predicted octanol–water partition coefficient (Wildman–Crippen LogP) is 6.43. The first-order chi connectivity index (χ1) is 20.4. The van der Waals surface area contributed by atoms with E-state index in [1.807, 2.05) is 25.1 Å². The molecule has 1 N–H and O–H groups in total. The number of para-hydroxylation sites is 1. The second-order valence-corrected chi connectivity index (χ2v) is 13.2. The van der Waals surface area contributed by atoms with Gasteiger partial charge in [-0.15, -0.1) is 0 Å². The SMILES string of the molecule is Cc1ccc(N2C(=O)C3Sc4c(sc(=O)n4CC(=O)Nc4ccccc4C(F)(F)F)C(c4cccc(Br)c4)C3C2=O)cc1. The van der Waals surface area contributed by atoms with Crippen LogP contribution in [-0.4, -0.2) is 27.5 Å². The number of aromatic nitrogens is 1. The summed E-state index contributed by atoms with van der Waals surface area (Å²) in [7, 11) is 0. The number of thiazole rings is 1. The van der Waals surface area contributed by atoms with Crippen molar-refractivity contribution in [1.82, 2.24) is 4.57 Å². The molecule has 3 atom stereocenters. The highest BCUT2D eigenvalue weighted by atomic mass is 79.9. The lowest BCUT2D eigenvalue weighted by atomic mass is 9.83. The van der Waals surface area contributed by atoms with Gasteiger partial charge in [-0.05, 0) is 48.9 Å². The Labute approximate surface area is 259 Å². The Morgan fingerprint density at radius 1 is 0.977 bits per heavy atom. The number of anilines is 2. The van der Waals surface area contributed by atoms with Crippen molar-refractivity contribution in [3.63, 3.8) is 0 Å². The van der Waals surface area contributed by atoms with Crippen molar-refractivity contribution in [3.05, 3.63) is 109 Å². The second-order valence-electron chi connectivity index (χ2n) is 10.2. The molecule has 0 spiro atoms. The molecule has 3 aromatic carbocycles. The number of hydrogen-bond donors (Lipinski definition) is 1. The largest absolute Gasteiger partial charge is 0.418 e. The van der Waals surface area contributed by atoms with E-state index in [1.54, 1.807) is 30.3 Å². The summed E-state index contributed by atoms with van der Waals surface area (Å²) in [6.45, 7) is 1.32. The Kier molecular flexibility index (Phi) is 7.59. The third-order valence-electron chi connectivity index (χ3n) is 7.36. The fourth-order valence-electron chi connectivity index (χ4n) is 5.44. The maximum absolute atomic E-state index is 13.9. The maximum atomic E-state index is 13.9. The minimum Gasteiger partial charge on any atom is -0.324 e. The predicted molar refractivity (Wildman–Crippen MR) is 161 cm³/mol. The summed E-state index contributed by atoms with van der Waals surface area (Å²) in [6.07, 6.45) is -4.69. The van der Waals surface area contributed by atoms with Crippen molar-refractivity contribution in [3.8, 4) is 0 Å². The number of thioether (sulfide) groups is 1. The monoisotopic (exact) mass is 687 g/mol. The molecular formula is C30H21BrF3N3O4S2. The summed E-state index contributed by atoms with van der Waals surface area (Å²) in [4.78, 5) is 55.2. The van der Waals surface area contributed by atoms with Crippen molar-refractivity contribution in [2.45, 2.75) is 35.8 Å². The van der Waals surface area contributed by atoms with Gasteiger partial charge in [-0.25, -0.2) is 4.90 Å².